The zero-order chi connectivity index (χ0) is 18.4. The van der Waals surface area contributed by atoms with Crippen molar-refractivity contribution in [3.63, 3.8) is 0 Å². The van der Waals surface area contributed by atoms with Crippen LogP contribution in [0.2, 0.25) is 0 Å². The standard InChI is InChI=1S/C13H20O5S.C4H9N/c1-10-7-5-6-8-13(10,9-19(15,16)17)11(14)18-12(2,3)4;1-2-4-5-3-1/h5-8,10H,9H2,1-4H3,(H,15,16,17);5H,1-4H2/t10-,13?;/m0./s1. The molecule has 0 radical (unpaired) electrons. The van der Waals surface area contributed by atoms with E-state index < -0.39 is 32.9 Å². The van der Waals surface area contributed by atoms with Crippen molar-refractivity contribution >= 4 is 16.1 Å². The number of hydrogen-bond donors (Lipinski definition) is 2. The van der Waals surface area contributed by atoms with Crippen LogP contribution in [0.4, 0.5) is 0 Å². The topological polar surface area (TPSA) is 92.7 Å². The van der Waals surface area contributed by atoms with Crippen LogP contribution < -0.4 is 5.32 Å². The van der Waals surface area contributed by atoms with E-state index in [0.29, 0.717) is 0 Å². The highest BCUT2D eigenvalue weighted by molar-refractivity contribution is 7.85. The number of esters is 1. The van der Waals surface area contributed by atoms with Gasteiger partial charge in [-0.05, 0) is 52.6 Å². The molecule has 24 heavy (non-hydrogen) atoms. The minimum Gasteiger partial charge on any atom is -0.459 e. The molecule has 0 bridgehead atoms. The van der Waals surface area contributed by atoms with Crippen LogP contribution >= 0.6 is 0 Å². The lowest BCUT2D eigenvalue weighted by molar-refractivity contribution is -0.165. The first-order valence-electron chi connectivity index (χ1n) is 8.22. The number of nitrogens with one attached hydrogen (secondary N) is 1. The first-order chi connectivity index (χ1) is 11.0. The maximum atomic E-state index is 12.3. The van der Waals surface area contributed by atoms with Crippen LogP contribution in [0.15, 0.2) is 24.3 Å². The molecule has 1 saturated heterocycles. The molecule has 1 aliphatic carbocycles. The summed E-state index contributed by atoms with van der Waals surface area (Å²) in [6.07, 6.45) is 9.31. The van der Waals surface area contributed by atoms with Crippen LogP contribution in [0.25, 0.3) is 0 Å². The largest absolute Gasteiger partial charge is 0.459 e. The Morgan fingerprint density at radius 3 is 2.25 bits per heavy atom. The first kappa shape index (κ1) is 20.9. The molecule has 0 saturated carbocycles. The van der Waals surface area contributed by atoms with Crippen LogP contribution in [0.1, 0.15) is 40.5 Å². The van der Waals surface area contributed by atoms with Crippen molar-refractivity contribution in [3.8, 4) is 0 Å². The SMILES string of the molecule is C1CCNC1.C[C@H]1C=CC=CC1(CS(=O)(=O)O)C(=O)OC(C)(C)C. The second-order valence-corrected chi connectivity index (χ2v) is 8.71. The Morgan fingerprint density at radius 1 is 1.29 bits per heavy atom. The Kier molecular flexibility index (Phi) is 7.19. The summed E-state index contributed by atoms with van der Waals surface area (Å²) in [6.45, 7) is 9.34. The Hall–Kier alpha value is -1.18. The van der Waals surface area contributed by atoms with Gasteiger partial charge in [0.05, 0.1) is 5.75 Å². The summed E-state index contributed by atoms with van der Waals surface area (Å²) in [7, 11) is -4.30. The highest BCUT2D eigenvalue weighted by Gasteiger charge is 2.47. The van der Waals surface area contributed by atoms with Crippen molar-refractivity contribution in [1.29, 1.82) is 0 Å². The summed E-state index contributed by atoms with van der Waals surface area (Å²) in [5.41, 5.74) is -2.10. The highest BCUT2D eigenvalue weighted by Crippen LogP contribution is 2.37. The van der Waals surface area contributed by atoms with Gasteiger partial charge >= 0.3 is 5.97 Å². The molecule has 2 rings (SSSR count). The van der Waals surface area contributed by atoms with Crippen molar-refractivity contribution < 1.29 is 22.5 Å². The van der Waals surface area contributed by atoms with E-state index in [1.807, 2.05) is 0 Å². The van der Waals surface area contributed by atoms with E-state index in [-0.39, 0.29) is 5.92 Å². The third kappa shape index (κ3) is 6.75. The van der Waals surface area contributed by atoms with Crippen molar-refractivity contribution in [3.05, 3.63) is 24.3 Å². The molecule has 1 fully saturated rings. The van der Waals surface area contributed by atoms with Gasteiger partial charge in [0.25, 0.3) is 10.1 Å². The maximum absolute atomic E-state index is 12.3. The van der Waals surface area contributed by atoms with Gasteiger partial charge < -0.3 is 10.1 Å². The smallest absolute Gasteiger partial charge is 0.318 e. The van der Waals surface area contributed by atoms with Crippen molar-refractivity contribution in [2.45, 2.75) is 46.1 Å². The number of allylic oxidation sites excluding steroid dienone is 3. The molecule has 6 nitrogen and oxygen atoms in total. The summed E-state index contributed by atoms with van der Waals surface area (Å²) in [6, 6.07) is 0. The maximum Gasteiger partial charge on any atom is 0.318 e. The van der Waals surface area contributed by atoms with E-state index in [2.05, 4.69) is 5.32 Å². The fourth-order valence-corrected chi connectivity index (χ4v) is 3.65. The fraction of sp³-hybridized carbons (Fsp3) is 0.706. The Labute approximate surface area is 145 Å². The average molecular weight is 359 g/mol. The van der Waals surface area contributed by atoms with E-state index in [0.717, 1.165) is 0 Å². The zero-order valence-corrected chi connectivity index (χ0v) is 15.7. The predicted octanol–water partition coefficient (Wildman–Crippen LogP) is 2.33. The van der Waals surface area contributed by atoms with Crippen LogP contribution in [0.5, 0.6) is 0 Å². The van der Waals surface area contributed by atoms with Gasteiger partial charge in [-0.2, -0.15) is 8.42 Å². The lowest BCUT2D eigenvalue weighted by atomic mass is 9.75. The van der Waals surface area contributed by atoms with Crippen molar-refractivity contribution in [2.75, 3.05) is 18.8 Å². The molecule has 7 heteroatoms. The molecule has 0 spiro atoms. The number of ether oxygens (including phenoxy) is 1. The average Bonchev–Trinajstić information content (AvgIpc) is 2.97. The molecule has 2 atom stereocenters. The van der Waals surface area contributed by atoms with Gasteiger partial charge in [-0.1, -0.05) is 31.2 Å². The van der Waals surface area contributed by atoms with E-state index in [1.54, 1.807) is 45.9 Å². The van der Waals surface area contributed by atoms with E-state index in [1.165, 1.54) is 32.0 Å². The quantitative estimate of drug-likeness (QED) is 0.593. The van der Waals surface area contributed by atoms with Crippen molar-refractivity contribution in [2.24, 2.45) is 11.3 Å². The summed E-state index contributed by atoms with van der Waals surface area (Å²) >= 11 is 0. The second kappa shape index (κ2) is 8.27. The van der Waals surface area contributed by atoms with Gasteiger partial charge in [0.2, 0.25) is 0 Å². The Balaban J connectivity index is 0.000000488. The summed E-state index contributed by atoms with van der Waals surface area (Å²) < 4.78 is 36.8. The molecular formula is C17H29NO5S. The lowest BCUT2D eigenvalue weighted by Gasteiger charge is -2.35. The molecule has 138 valence electrons. The van der Waals surface area contributed by atoms with E-state index in [9.17, 15) is 13.2 Å². The molecule has 2 N–H and O–H groups in total. The molecular weight excluding hydrogens is 330 g/mol. The summed E-state index contributed by atoms with van der Waals surface area (Å²) in [5, 5.41) is 3.22. The van der Waals surface area contributed by atoms with Crippen LogP contribution in [-0.4, -0.2) is 43.4 Å². The Bertz CT molecular complexity index is 577. The zero-order valence-electron chi connectivity index (χ0n) is 14.9. The lowest BCUT2D eigenvalue weighted by Crippen LogP contribution is -2.45. The van der Waals surface area contributed by atoms with Gasteiger partial charge in [-0.25, -0.2) is 0 Å². The molecule has 0 aromatic heterocycles. The van der Waals surface area contributed by atoms with Gasteiger partial charge in [0.1, 0.15) is 11.0 Å². The third-order valence-corrected chi connectivity index (χ3v) is 4.72. The van der Waals surface area contributed by atoms with E-state index in [4.69, 9.17) is 9.29 Å². The first-order valence-corrected chi connectivity index (χ1v) is 9.82. The summed E-state index contributed by atoms with van der Waals surface area (Å²) in [4.78, 5) is 12.3. The van der Waals surface area contributed by atoms with Gasteiger partial charge in [-0.15, -0.1) is 0 Å². The second-order valence-electron chi connectivity index (χ2n) is 7.26. The molecule has 0 aromatic carbocycles. The fourth-order valence-electron chi connectivity index (χ4n) is 2.57. The monoisotopic (exact) mass is 359 g/mol. The minimum absolute atomic E-state index is 0.380. The molecule has 2 aliphatic rings. The number of carbonyl (C=O) groups is 1. The number of rotatable bonds is 3. The van der Waals surface area contributed by atoms with Gasteiger partial charge in [0.15, 0.2) is 0 Å². The van der Waals surface area contributed by atoms with Crippen LogP contribution in [0, 0.1) is 11.3 Å². The molecule has 1 heterocycles. The highest BCUT2D eigenvalue weighted by atomic mass is 32.2. The molecule has 1 unspecified atom stereocenters. The van der Waals surface area contributed by atoms with E-state index >= 15 is 0 Å². The summed E-state index contributed by atoms with van der Waals surface area (Å²) in [5.74, 6) is -1.71. The van der Waals surface area contributed by atoms with Gasteiger partial charge in [-0.3, -0.25) is 9.35 Å². The Morgan fingerprint density at radius 2 is 1.88 bits per heavy atom. The third-order valence-electron chi connectivity index (χ3n) is 3.87. The molecule has 1 aliphatic heterocycles. The van der Waals surface area contributed by atoms with Gasteiger partial charge in [0, 0.05) is 0 Å². The molecule has 0 amide bonds. The van der Waals surface area contributed by atoms with Crippen molar-refractivity contribution in [1.82, 2.24) is 5.32 Å². The predicted molar refractivity (Wildman–Crippen MR) is 94.2 cm³/mol. The number of carbonyl (C=O) groups excluding carboxylic acids is 1. The normalized spacial score (nSPS) is 26.6. The van der Waals surface area contributed by atoms with Crippen LogP contribution in [0.3, 0.4) is 0 Å². The van der Waals surface area contributed by atoms with Crippen LogP contribution in [-0.2, 0) is 19.6 Å². The number of hydrogen-bond acceptors (Lipinski definition) is 5. The molecule has 0 aromatic rings. The minimum atomic E-state index is -4.30.